The van der Waals surface area contributed by atoms with Gasteiger partial charge in [0.05, 0.1) is 5.92 Å². The van der Waals surface area contributed by atoms with Crippen LogP contribution >= 0.6 is 15.9 Å². The van der Waals surface area contributed by atoms with Crippen LogP contribution in [0.1, 0.15) is 13.3 Å². The maximum atomic E-state index is 11.7. The van der Waals surface area contributed by atoms with Crippen LogP contribution in [-0.2, 0) is 9.59 Å². The van der Waals surface area contributed by atoms with Gasteiger partial charge in [0.15, 0.2) is 17.7 Å². The maximum Gasteiger partial charge on any atom is 0.306 e. The highest BCUT2D eigenvalue weighted by atomic mass is 79.9. The molecule has 1 aliphatic heterocycles. The van der Waals surface area contributed by atoms with Gasteiger partial charge in [0.25, 0.3) is 5.91 Å². The number of aliphatic carboxylic acids is 1. The second-order valence-electron chi connectivity index (χ2n) is 4.05. The number of carboxylic acid groups (broad SMARTS) is 1. The Balaban J connectivity index is 2.16. The highest BCUT2D eigenvalue weighted by Gasteiger charge is 2.31. The quantitative estimate of drug-likeness (QED) is 0.828. The van der Waals surface area contributed by atoms with Crippen molar-refractivity contribution in [3.8, 4) is 5.75 Å². The molecule has 1 aliphatic rings. The van der Waals surface area contributed by atoms with Crippen molar-refractivity contribution in [1.29, 1.82) is 0 Å². The average Bonchev–Trinajstić information content (AvgIpc) is 2.30. The maximum absolute atomic E-state index is 11.7. The molecule has 0 saturated heterocycles. The second-order valence-corrected chi connectivity index (χ2v) is 4.86. The van der Waals surface area contributed by atoms with Crippen LogP contribution in [0.15, 0.2) is 16.7 Å². The normalized spacial score (nSPS) is 19.4. The Hall–Kier alpha value is -1.63. The van der Waals surface area contributed by atoms with E-state index in [0.717, 1.165) is 0 Å². The summed E-state index contributed by atoms with van der Waals surface area (Å²) in [6.07, 6.45) is -0.678. The van der Waals surface area contributed by atoms with Crippen molar-refractivity contribution in [2.75, 3.05) is 5.32 Å². The van der Waals surface area contributed by atoms with Gasteiger partial charge in [-0.05, 0) is 28.1 Å². The molecular formula is C11H11BrN2O4. The van der Waals surface area contributed by atoms with Gasteiger partial charge in [-0.1, -0.05) is 6.92 Å². The zero-order valence-corrected chi connectivity index (χ0v) is 11.1. The predicted molar refractivity (Wildman–Crippen MR) is 66.4 cm³/mol. The van der Waals surface area contributed by atoms with E-state index in [9.17, 15) is 9.59 Å². The summed E-state index contributed by atoms with van der Waals surface area (Å²) in [6, 6.07) is 3.36. The number of ether oxygens (including phenoxy) is 1. The van der Waals surface area contributed by atoms with E-state index in [1.54, 1.807) is 12.1 Å². The molecule has 0 bridgehead atoms. The number of aromatic nitrogens is 1. The summed E-state index contributed by atoms with van der Waals surface area (Å²) in [5.41, 5.74) is 0. The molecule has 2 rings (SSSR count). The van der Waals surface area contributed by atoms with Crippen molar-refractivity contribution >= 4 is 33.6 Å². The van der Waals surface area contributed by atoms with Gasteiger partial charge in [0, 0.05) is 6.42 Å². The number of hydrogen-bond donors (Lipinski definition) is 2. The number of amides is 1. The Kier molecular flexibility index (Phi) is 3.51. The number of nitrogens with zero attached hydrogens (tertiary/aromatic N) is 1. The minimum absolute atomic E-state index is 0.122. The van der Waals surface area contributed by atoms with Crippen LogP contribution in [-0.4, -0.2) is 28.1 Å². The minimum atomic E-state index is -0.953. The molecule has 96 valence electrons. The molecule has 2 unspecified atom stereocenters. The fourth-order valence-corrected chi connectivity index (χ4v) is 1.90. The first-order chi connectivity index (χ1) is 8.47. The van der Waals surface area contributed by atoms with Crippen LogP contribution < -0.4 is 10.1 Å². The summed E-state index contributed by atoms with van der Waals surface area (Å²) in [7, 11) is 0. The lowest BCUT2D eigenvalue weighted by atomic mass is 10.0. The summed E-state index contributed by atoms with van der Waals surface area (Å²) < 4.78 is 6.05. The summed E-state index contributed by atoms with van der Waals surface area (Å²) in [6.45, 7) is 1.54. The largest absolute Gasteiger partial charge is 0.481 e. The lowest BCUT2D eigenvalue weighted by Gasteiger charge is -2.26. The summed E-state index contributed by atoms with van der Waals surface area (Å²) in [4.78, 5) is 26.6. The Morgan fingerprint density at radius 1 is 1.67 bits per heavy atom. The molecule has 1 aromatic rings. The first-order valence-corrected chi connectivity index (χ1v) is 6.13. The monoisotopic (exact) mass is 314 g/mol. The van der Waals surface area contributed by atoms with Gasteiger partial charge in [0.1, 0.15) is 4.60 Å². The van der Waals surface area contributed by atoms with E-state index in [4.69, 9.17) is 9.84 Å². The van der Waals surface area contributed by atoms with Crippen molar-refractivity contribution in [1.82, 2.24) is 4.98 Å². The average molecular weight is 315 g/mol. The Morgan fingerprint density at radius 2 is 2.39 bits per heavy atom. The first kappa shape index (κ1) is 12.8. The second kappa shape index (κ2) is 4.93. The molecule has 1 aromatic heterocycles. The molecule has 1 amide bonds. The van der Waals surface area contributed by atoms with Gasteiger partial charge in [-0.25, -0.2) is 4.98 Å². The fourth-order valence-electron chi connectivity index (χ4n) is 1.59. The number of hydrogen-bond acceptors (Lipinski definition) is 4. The number of carboxylic acids is 1. The van der Waals surface area contributed by atoms with Crippen molar-refractivity contribution in [2.45, 2.75) is 19.4 Å². The molecule has 18 heavy (non-hydrogen) atoms. The van der Waals surface area contributed by atoms with Crippen LogP contribution in [0.5, 0.6) is 5.75 Å². The SMILES string of the molecule is CC(CC1Oc2ccc(Br)nc2NC1=O)C(=O)O. The van der Waals surface area contributed by atoms with E-state index >= 15 is 0 Å². The summed E-state index contributed by atoms with van der Waals surface area (Å²) in [5, 5.41) is 11.4. The zero-order valence-electron chi connectivity index (χ0n) is 9.51. The smallest absolute Gasteiger partial charge is 0.306 e. The summed E-state index contributed by atoms with van der Waals surface area (Å²) >= 11 is 3.19. The van der Waals surface area contributed by atoms with E-state index in [0.29, 0.717) is 16.2 Å². The molecule has 0 aliphatic carbocycles. The molecule has 0 spiro atoms. The number of carbonyl (C=O) groups is 2. The number of fused-ring (bicyclic) bond motifs is 1. The fraction of sp³-hybridized carbons (Fsp3) is 0.364. The van der Waals surface area contributed by atoms with Gasteiger partial charge in [-0.15, -0.1) is 0 Å². The number of halogens is 1. The topological polar surface area (TPSA) is 88.5 Å². The van der Waals surface area contributed by atoms with Crippen molar-refractivity contribution in [2.24, 2.45) is 5.92 Å². The van der Waals surface area contributed by atoms with Crippen LogP contribution in [0.3, 0.4) is 0 Å². The zero-order chi connectivity index (χ0) is 13.3. The summed E-state index contributed by atoms with van der Waals surface area (Å²) in [5.74, 6) is -1.19. The molecule has 0 radical (unpaired) electrons. The van der Waals surface area contributed by atoms with Gasteiger partial charge in [-0.2, -0.15) is 0 Å². The minimum Gasteiger partial charge on any atom is -0.481 e. The molecule has 2 atom stereocenters. The number of anilines is 1. The van der Waals surface area contributed by atoms with Crippen molar-refractivity contribution in [3.05, 3.63) is 16.7 Å². The lowest BCUT2D eigenvalue weighted by Crippen LogP contribution is -2.39. The van der Waals surface area contributed by atoms with Gasteiger partial charge >= 0.3 is 5.97 Å². The molecule has 7 heteroatoms. The Labute approximate surface area is 111 Å². The van der Waals surface area contributed by atoms with E-state index in [1.807, 2.05) is 0 Å². The molecule has 6 nitrogen and oxygen atoms in total. The van der Waals surface area contributed by atoms with Crippen molar-refractivity contribution in [3.63, 3.8) is 0 Å². The Bertz CT molecular complexity index is 506. The molecular weight excluding hydrogens is 304 g/mol. The number of nitrogens with one attached hydrogen (secondary N) is 1. The highest BCUT2D eigenvalue weighted by molar-refractivity contribution is 9.10. The number of rotatable bonds is 3. The third-order valence-corrected chi connectivity index (χ3v) is 3.06. The third-order valence-electron chi connectivity index (χ3n) is 2.62. The predicted octanol–water partition coefficient (Wildman–Crippen LogP) is 1.65. The molecule has 2 heterocycles. The van der Waals surface area contributed by atoms with E-state index in [1.165, 1.54) is 6.92 Å². The van der Waals surface area contributed by atoms with Crippen LogP contribution in [0.25, 0.3) is 0 Å². The highest BCUT2D eigenvalue weighted by Crippen LogP contribution is 2.30. The lowest BCUT2D eigenvalue weighted by molar-refractivity contribution is -0.142. The van der Waals surface area contributed by atoms with E-state index < -0.39 is 18.0 Å². The molecule has 2 N–H and O–H groups in total. The Morgan fingerprint density at radius 3 is 3.06 bits per heavy atom. The third kappa shape index (κ3) is 2.61. The van der Waals surface area contributed by atoms with Gasteiger partial charge < -0.3 is 15.2 Å². The first-order valence-electron chi connectivity index (χ1n) is 5.34. The number of carbonyl (C=O) groups excluding carboxylic acids is 1. The standard InChI is InChI=1S/C11H11BrN2O4/c1-5(11(16)17)4-7-10(15)14-9-6(18-7)2-3-8(12)13-9/h2-3,5,7H,4H2,1H3,(H,16,17)(H,13,14,15). The molecule has 0 fully saturated rings. The van der Waals surface area contributed by atoms with Crippen LogP contribution in [0, 0.1) is 5.92 Å². The molecule has 0 saturated carbocycles. The van der Waals surface area contributed by atoms with Gasteiger partial charge in [0.2, 0.25) is 0 Å². The van der Waals surface area contributed by atoms with Crippen molar-refractivity contribution < 1.29 is 19.4 Å². The van der Waals surface area contributed by atoms with Crippen LogP contribution in [0.2, 0.25) is 0 Å². The van der Waals surface area contributed by atoms with Crippen LogP contribution in [0.4, 0.5) is 5.82 Å². The molecule has 0 aromatic carbocycles. The number of pyridine rings is 1. The van der Waals surface area contributed by atoms with Gasteiger partial charge in [-0.3, -0.25) is 9.59 Å². The van der Waals surface area contributed by atoms with E-state index in [-0.39, 0.29) is 12.3 Å². The van der Waals surface area contributed by atoms with E-state index in [2.05, 4.69) is 26.2 Å².